The van der Waals surface area contributed by atoms with Crippen LogP contribution in [-0.2, 0) is 6.42 Å². The van der Waals surface area contributed by atoms with E-state index in [1.807, 2.05) is 18.2 Å². The highest BCUT2D eigenvalue weighted by Gasteiger charge is 2.05. The van der Waals surface area contributed by atoms with Crippen molar-refractivity contribution >= 4 is 43.5 Å². The van der Waals surface area contributed by atoms with Crippen molar-refractivity contribution in [3.8, 4) is 0 Å². The Morgan fingerprint density at radius 2 is 2.15 bits per heavy atom. The molecular formula is C10H11Br2Cl. The summed E-state index contributed by atoms with van der Waals surface area (Å²) in [5.74, 6) is 0.634. The van der Waals surface area contributed by atoms with Crippen LogP contribution in [0.3, 0.4) is 0 Å². The Morgan fingerprint density at radius 3 is 2.77 bits per heavy atom. The van der Waals surface area contributed by atoms with Crippen molar-refractivity contribution in [1.29, 1.82) is 0 Å². The molecule has 0 saturated heterocycles. The summed E-state index contributed by atoms with van der Waals surface area (Å²) in [4.78, 5) is 0. The SMILES string of the molecule is CC(CBr)Cc1cc(Cl)ccc1Br. The van der Waals surface area contributed by atoms with Crippen molar-refractivity contribution in [3.05, 3.63) is 33.3 Å². The van der Waals surface area contributed by atoms with Crippen molar-refractivity contribution in [2.45, 2.75) is 13.3 Å². The monoisotopic (exact) mass is 324 g/mol. The van der Waals surface area contributed by atoms with Crippen molar-refractivity contribution in [2.75, 3.05) is 5.33 Å². The lowest BCUT2D eigenvalue weighted by Gasteiger charge is -2.09. The first-order chi connectivity index (χ1) is 6.13. The molecule has 0 heterocycles. The first kappa shape index (κ1) is 11.5. The van der Waals surface area contributed by atoms with E-state index >= 15 is 0 Å². The van der Waals surface area contributed by atoms with E-state index in [-0.39, 0.29) is 0 Å². The van der Waals surface area contributed by atoms with Gasteiger partial charge in [-0.15, -0.1) is 0 Å². The van der Waals surface area contributed by atoms with Gasteiger partial charge in [0.2, 0.25) is 0 Å². The molecule has 3 heteroatoms. The number of halogens is 3. The quantitative estimate of drug-likeness (QED) is 0.708. The molecule has 0 amide bonds. The third-order valence-electron chi connectivity index (χ3n) is 1.84. The molecule has 0 aromatic heterocycles. The fraction of sp³-hybridized carbons (Fsp3) is 0.400. The Balaban J connectivity index is 2.81. The molecule has 0 aliphatic rings. The number of benzene rings is 1. The lowest BCUT2D eigenvalue weighted by atomic mass is 10.0. The van der Waals surface area contributed by atoms with Gasteiger partial charge in [-0.05, 0) is 36.1 Å². The van der Waals surface area contributed by atoms with Gasteiger partial charge in [0.25, 0.3) is 0 Å². The van der Waals surface area contributed by atoms with Crippen LogP contribution in [0.15, 0.2) is 22.7 Å². The van der Waals surface area contributed by atoms with E-state index in [0.29, 0.717) is 5.92 Å². The maximum Gasteiger partial charge on any atom is 0.0409 e. The third-order valence-corrected chi connectivity index (χ3v) is 3.95. The summed E-state index contributed by atoms with van der Waals surface area (Å²) in [6.45, 7) is 2.21. The van der Waals surface area contributed by atoms with Gasteiger partial charge in [0, 0.05) is 14.8 Å². The highest BCUT2D eigenvalue weighted by molar-refractivity contribution is 9.10. The van der Waals surface area contributed by atoms with Gasteiger partial charge in [-0.25, -0.2) is 0 Å². The molecule has 1 rings (SSSR count). The molecule has 0 N–H and O–H groups in total. The molecular weight excluding hydrogens is 315 g/mol. The minimum atomic E-state index is 0.634. The first-order valence-electron chi connectivity index (χ1n) is 4.13. The van der Waals surface area contributed by atoms with Gasteiger partial charge in [0.15, 0.2) is 0 Å². The molecule has 72 valence electrons. The Morgan fingerprint density at radius 1 is 1.46 bits per heavy atom. The summed E-state index contributed by atoms with van der Waals surface area (Å²) in [5, 5.41) is 1.83. The van der Waals surface area contributed by atoms with Crippen LogP contribution in [0, 0.1) is 5.92 Å². The summed E-state index contributed by atoms with van der Waals surface area (Å²) < 4.78 is 1.14. The second kappa shape index (κ2) is 5.38. The summed E-state index contributed by atoms with van der Waals surface area (Å²) >= 11 is 12.9. The summed E-state index contributed by atoms with van der Waals surface area (Å²) in [7, 11) is 0. The Kier molecular flexibility index (Phi) is 4.77. The van der Waals surface area contributed by atoms with E-state index in [0.717, 1.165) is 21.2 Å². The van der Waals surface area contributed by atoms with Crippen LogP contribution >= 0.6 is 43.5 Å². The molecule has 0 bridgehead atoms. The molecule has 13 heavy (non-hydrogen) atoms. The van der Waals surface area contributed by atoms with Gasteiger partial charge < -0.3 is 0 Å². The lowest BCUT2D eigenvalue weighted by Crippen LogP contribution is -2.01. The van der Waals surface area contributed by atoms with Gasteiger partial charge in [-0.1, -0.05) is 50.4 Å². The van der Waals surface area contributed by atoms with Crippen molar-refractivity contribution < 1.29 is 0 Å². The van der Waals surface area contributed by atoms with Gasteiger partial charge in [-0.3, -0.25) is 0 Å². The number of hydrogen-bond acceptors (Lipinski definition) is 0. The van der Waals surface area contributed by atoms with Gasteiger partial charge in [0.05, 0.1) is 0 Å². The van der Waals surface area contributed by atoms with E-state index in [4.69, 9.17) is 11.6 Å². The highest BCUT2D eigenvalue weighted by atomic mass is 79.9. The number of hydrogen-bond donors (Lipinski definition) is 0. The first-order valence-corrected chi connectivity index (χ1v) is 6.42. The molecule has 0 nitrogen and oxygen atoms in total. The van der Waals surface area contributed by atoms with E-state index < -0.39 is 0 Å². The van der Waals surface area contributed by atoms with Crippen LogP contribution in [0.25, 0.3) is 0 Å². The van der Waals surface area contributed by atoms with Crippen LogP contribution < -0.4 is 0 Å². The Bertz CT molecular complexity index is 286. The fourth-order valence-corrected chi connectivity index (χ4v) is 1.96. The average molecular weight is 326 g/mol. The van der Waals surface area contributed by atoms with Gasteiger partial charge in [0.1, 0.15) is 0 Å². The van der Waals surface area contributed by atoms with Crippen LogP contribution in [-0.4, -0.2) is 5.33 Å². The standard InChI is InChI=1S/C10H11Br2Cl/c1-7(6-11)4-8-5-9(13)2-3-10(8)12/h2-3,5,7H,4,6H2,1H3. The van der Waals surface area contributed by atoms with Crippen molar-refractivity contribution in [2.24, 2.45) is 5.92 Å². The van der Waals surface area contributed by atoms with Crippen LogP contribution in [0.1, 0.15) is 12.5 Å². The minimum absolute atomic E-state index is 0.634. The predicted octanol–water partition coefficient (Wildman–Crippen LogP) is 4.68. The maximum atomic E-state index is 5.91. The highest BCUT2D eigenvalue weighted by Crippen LogP contribution is 2.24. The van der Waals surface area contributed by atoms with Crippen molar-refractivity contribution in [1.82, 2.24) is 0 Å². The zero-order chi connectivity index (χ0) is 9.84. The topological polar surface area (TPSA) is 0 Å². The number of rotatable bonds is 3. The van der Waals surface area contributed by atoms with E-state index in [1.54, 1.807) is 0 Å². The molecule has 1 aromatic rings. The molecule has 0 fully saturated rings. The van der Waals surface area contributed by atoms with E-state index in [1.165, 1.54) is 5.56 Å². The lowest BCUT2D eigenvalue weighted by molar-refractivity contribution is 0.661. The molecule has 0 radical (unpaired) electrons. The molecule has 0 aliphatic carbocycles. The molecule has 1 unspecified atom stereocenters. The zero-order valence-electron chi connectivity index (χ0n) is 7.36. The molecule has 1 aromatic carbocycles. The molecule has 0 spiro atoms. The summed E-state index contributed by atoms with van der Waals surface area (Å²) in [6.07, 6.45) is 1.05. The summed E-state index contributed by atoms with van der Waals surface area (Å²) in [6, 6.07) is 5.91. The van der Waals surface area contributed by atoms with Crippen LogP contribution in [0.2, 0.25) is 5.02 Å². The van der Waals surface area contributed by atoms with Gasteiger partial charge in [-0.2, -0.15) is 0 Å². The largest absolute Gasteiger partial charge is 0.0925 e. The molecule has 1 atom stereocenters. The average Bonchev–Trinajstić information content (AvgIpc) is 2.11. The number of alkyl halides is 1. The Labute approximate surface area is 101 Å². The normalized spacial score (nSPS) is 12.9. The second-order valence-electron chi connectivity index (χ2n) is 3.20. The molecule has 0 aliphatic heterocycles. The van der Waals surface area contributed by atoms with Gasteiger partial charge >= 0.3 is 0 Å². The second-order valence-corrected chi connectivity index (χ2v) is 5.14. The zero-order valence-corrected chi connectivity index (χ0v) is 11.3. The van der Waals surface area contributed by atoms with E-state index in [9.17, 15) is 0 Å². The predicted molar refractivity (Wildman–Crippen MR) is 65.8 cm³/mol. The van der Waals surface area contributed by atoms with Crippen LogP contribution in [0.5, 0.6) is 0 Å². The van der Waals surface area contributed by atoms with Crippen molar-refractivity contribution in [3.63, 3.8) is 0 Å². The smallest absolute Gasteiger partial charge is 0.0409 e. The van der Waals surface area contributed by atoms with E-state index in [2.05, 4.69) is 38.8 Å². The maximum absolute atomic E-state index is 5.91. The third kappa shape index (κ3) is 3.61. The minimum Gasteiger partial charge on any atom is -0.0925 e. The summed E-state index contributed by atoms with van der Waals surface area (Å²) in [5.41, 5.74) is 1.28. The van der Waals surface area contributed by atoms with Crippen LogP contribution in [0.4, 0.5) is 0 Å². The fourth-order valence-electron chi connectivity index (χ4n) is 1.13. The Hall–Kier alpha value is 0.470. The molecule has 0 saturated carbocycles.